The van der Waals surface area contributed by atoms with E-state index in [1.165, 1.54) is 0 Å². The topological polar surface area (TPSA) is 140 Å². The number of hydrogen-bond donors (Lipinski definition) is 4. The molecule has 0 radical (unpaired) electrons. The molecule has 1 aromatic rings. The standard InChI is InChI=1S/C20H30N2O3.C12H22N2O4/c1-13-15(20(2,3)23)11-16-17(21-19(25-16)22(4)5)18(13)24-12-14-9-7-6-8-10-14;1-12(2,17)6-5-7-8(10(16)9(6)15)13-11(18-7)14(3)4/h6-10,13,15-18,23H,11-12H2,1-5H3;6-10,15-17H,5H2,1-4H3/t13-,15+,16+,17+,18+;6-,7-,8-,9+,10+/m10/s1. The largest absolute Gasteiger partial charge is 0.459 e. The summed E-state index contributed by atoms with van der Waals surface area (Å²) in [5.41, 5.74) is -0.689. The van der Waals surface area contributed by atoms with Crippen LogP contribution in [-0.2, 0) is 20.8 Å². The van der Waals surface area contributed by atoms with Crippen LogP contribution in [0, 0.1) is 17.8 Å². The fraction of sp³-hybridized carbons (Fsp3) is 0.750. The first kappa shape index (κ1) is 33.5. The van der Waals surface area contributed by atoms with Crippen molar-refractivity contribution >= 4 is 12.0 Å². The molecule has 0 aromatic heterocycles. The zero-order chi connectivity index (χ0) is 31.9. The van der Waals surface area contributed by atoms with Gasteiger partial charge in [-0.25, -0.2) is 9.98 Å². The average Bonchev–Trinajstić information content (AvgIpc) is 3.55. The smallest absolute Gasteiger partial charge is 0.287 e. The molecule has 242 valence electrons. The molecular formula is C32H52N4O7. The van der Waals surface area contributed by atoms with Crippen LogP contribution in [-0.4, -0.2) is 124 Å². The number of hydrogen-bond acceptors (Lipinski definition) is 11. The van der Waals surface area contributed by atoms with Gasteiger partial charge in [0.2, 0.25) is 0 Å². The Hall–Kier alpha value is -2.44. The summed E-state index contributed by atoms with van der Waals surface area (Å²) in [5.74, 6) is -0.129. The van der Waals surface area contributed by atoms with Crippen molar-refractivity contribution in [1.29, 1.82) is 0 Å². The molecule has 0 spiro atoms. The van der Waals surface area contributed by atoms with Crippen molar-refractivity contribution in [2.75, 3.05) is 28.2 Å². The Labute approximate surface area is 256 Å². The van der Waals surface area contributed by atoms with Crippen molar-refractivity contribution in [1.82, 2.24) is 9.80 Å². The van der Waals surface area contributed by atoms with Gasteiger partial charge in [0.05, 0.1) is 30.0 Å². The highest BCUT2D eigenvalue weighted by Crippen LogP contribution is 2.43. The van der Waals surface area contributed by atoms with E-state index in [1.807, 2.05) is 65.1 Å². The fourth-order valence-electron chi connectivity index (χ4n) is 6.78. The second-order valence-electron chi connectivity index (χ2n) is 14.0. The highest BCUT2D eigenvalue weighted by Gasteiger charge is 2.53. The number of ether oxygens (including phenoxy) is 3. The van der Waals surface area contributed by atoms with Crippen LogP contribution in [0.25, 0.3) is 0 Å². The minimum absolute atomic E-state index is 0.0188. The summed E-state index contributed by atoms with van der Waals surface area (Å²) in [6.45, 7) is 9.74. The number of rotatable bonds is 5. The van der Waals surface area contributed by atoms with E-state index in [-0.39, 0.29) is 36.2 Å². The third kappa shape index (κ3) is 7.45. The minimum atomic E-state index is -1.06. The molecule has 2 aliphatic carbocycles. The normalized spacial score (nSPS) is 35.3. The lowest BCUT2D eigenvalue weighted by atomic mass is 9.68. The molecular weight excluding hydrogens is 552 g/mol. The van der Waals surface area contributed by atoms with E-state index in [0.717, 1.165) is 12.0 Å². The Balaban J connectivity index is 0.000000208. The van der Waals surface area contributed by atoms with Crippen LogP contribution in [0.3, 0.4) is 0 Å². The molecule has 2 saturated carbocycles. The van der Waals surface area contributed by atoms with Gasteiger partial charge in [0.1, 0.15) is 30.4 Å². The lowest BCUT2D eigenvalue weighted by molar-refractivity contribution is -0.140. The third-order valence-electron chi connectivity index (χ3n) is 9.23. The highest BCUT2D eigenvalue weighted by molar-refractivity contribution is 5.76. The molecule has 4 aliphatic rings. The molecule has 1 aromatic carbocycles. The maximum absolute atomic E-state index is 10.7. The number of aliphatic hydroxyl groups excluding tert-OH is 2. The molecule has 2 fully saturated rings. The van der Waals surface area contributed by atoms with Gasteiger partial charge in [0, 0.05) is 34.1 Å². The van der Waals surface area contributed by atoms with Crippen LogP contribution >= 0.6 is 0 Å². The summed E-state index contributed by atoms with van der Waals surface area (Å²) in [4.78, 5) is 12.7. The lowest BCUT2D eigenvalue weighted by Crippen LogP contribution is -2.57. The van der Waals surface area contributed by atoms with Crippen molar-refractivity contribution < 1.29 is 34.6 Å². The lowest BCUT2D eigenvalue weighted by Gasteiger charge is -2.45. The van der Waals surface area contributed by atoms with Crippen LogP contribution in [0.5, 0.6) is 0 Å². The molecule has 2 aliphatic heterocycles. The Morgan fingerprint density at radius 1 is 0.791 bits per heavy atom. The summed E-state index contributed by atoms with van der Waals surface area (Å²) in [6, 6.07) is 10.8. The summed E-state index contributed by atoms with van der Waals surface area (Å²) in [7, 11) is 7.50. The molecule has 11 nitrogen and oxygen atoms in total. The Morgan fingerprint density at radius 3 is 1.79 bits per heavy atom. The van der Waals surface area contributed by atoms with E-state index in [2.05, 4.69) is 24.0 Å². The predicted octanol–water partition coefficient (Wildman–Crippen LogP) is 1.87. The van der Waals surface area contributed by atoms with Gasteiger partial charge in [-0.05, 0) is 57.9 Å². The summed E-state index contributed by atoms with van der Waals surface area (Å²) < 4.78 is 18.1. The first-order valence-corrected chi connectivity index (χ1v) is 15.3. The average molecular weight is 605 g/mol. The Morgan fingerprint density at radius 2 is 1.28 bits per heavy atom. The fourth-order valence-corrected chi connectivity index (χ4v) is 6.78. The number of nitrogens with zero attached hydrogens (tertiary/aromatic N) is 4. The third-order valence-corrected chi connectivity index (χ3v) is 9.23. The molecule has 0 bridgehead atoms. The Bertz CT molecular complexity index is 1130. The van der Waals surface area contributed by atoms with E-state index in [1.54, 1.807) is 18.7 Å². The van der Waals surface area contributed by atoms with E-state index in [4.69, 9.17) is 19.2 Å². The van der Waals surface area contributed by atoms with Gasteiger partial charge in [0.15, 0.2) is 0 Å². The number of amidine groups is 2. The van der Waals surface area contributed by atoms with Crippen LogP contribution in [0.2, 0.25) is 0 Å². The second kappa shape index (κ2) is 12.9. The minimum Gasteiger partial charge on any atom is -0.459 e. The molecule has 0 saturated heterocycles. The zero-order valence-corrected chi connectivity index (χ0v) is 27.1. The zero-order valence-electron chi connectivity index (χ0n) is 27.1. The molecule has 4 N–H and O–H groups in total. The van der Waals surface area contributed by atoms with Crippen LogP contribution in [0.4, 0.5) is 0 Å². The molecule has 43 heavy (non-hydrogen) atoms. The second-order valence-corrected chi connectivity index (χ2v) is 14.0. The Kier molecular flexibility index (Phi) is 10.0. The van der Waals surface area contributed by atoms with Crippen molar-refractivity contribution in [3.8, 4) is 0 Å². The first-order valence-electron chi connectivity index (χ1n) is 15.3. The van der Waals surface area contributed by atoms with E-state index >= 15 is 0 Å². The van der Waals surface area contributed by atoms with Gasteiger partial charge in [0.25, 0.3) is 12.0 Å². The number of fused-ring (bicyclic) bond motifs is 2. The highest BCUT2D eigenvalue weighted by atomic mass is 16.5. The van der Waals surface area contributed by atoms with Crippen LogP contribution in [0.1, 0.15) is 53.0 Å². The number of benzene rings is 1. The van der Waals surface area contributed by atoms with E-state index in [0.29, 0.717) is 25.1 Å². The molecule has 0 unspecified atom stereocenters. The van der Waals surface area contributed by atoms with Gasteiger partial charge in [-0.15, -0.1) is 0 Å². The van der Waals surface area contributed by atoms with Gasteiger partial charge in [-0.1, -0.05) is 37.3 Å². The van der Waals surface area contributed by atoms with Gasteiger partial charge in [-0.3, -0.25) is 0 Å². The van der Waals surface area contributed by atoms with Crippen LogP contribution in [0.15, 0.2) is 40.3 Å². The predicted molar refractivity (Wildman–Crippen MR) is 165 cm³/mol. The molecule has 2 heterocycles. The van der Waals surface area contributed by atoms with Crippen LogP contribution < -0.4 is 0 Å². The monoisotopic (exact) mass is 604 g/mol. The van der Waals surface area contributed by atoms with Gasteiger partial charge >= 0.3 is 0 Å². The molecule has 11 heteroatoms. The van der Waals surface area contributed by atoms with E-state index < -0.39 is 35.4 Å². The maximum atomic E-state index is 10.7. The van der Waals surface area contributed by atoms with E-state index in [9.17, 15) is 20.4 Å². The first-order chi connectivity index (χ1) is 20.0. The molecule has 5 rings (SSSR count). The van der Waals surface area contributed by atoms with Crippen molar-refractivity contribution in [3.63, 3.8) is 0 Å². The van der Waals surface area contributed by atoms with Gasteiger partial charge in [-0.2, -0.15) is 0 Å². The quantitative estimate of drug-likeness (QED) is 0.397. The van der Waals surface area contributed by atoms with Crippen molar-refractivity contribution in [2.24, 2.45) is 27.7 Å². The molecule has 0 amide bonds. The number of aliphatic imine (C=N–C) groups is 2. The summed E-state index contributed by atoms with van der Waals surface area (Å²) >= 11 is 0. The van der Waals surface area contributed by atoms with Crippen molar-refractivity contribution in [2.45, 2.75) is 108 Å². The number of aliphatic hydroxyl groups is 4. The van der Waals surface area contributed by atoms with Gasteiger partial charge < -0.3 is 44.4 Å². The van der Waals surface area contributed by atoms with Crippen molar-refractivity contribution in [3.05, 3.63) is 35.9 Å². The summed E-state index contributed by atoms with van der Waals surface area (Å²) in [5, 5.41) is 40.9. The summed E-state index contributed by atoms with van der Waals surface area (Å²) in [6.07, 6.45) is -1.11. The molecule has 10 atom stereocenters. The SMILES string of the molecule is CN(C)C1=N[C@@H]2[C@@H](O)[C@H](O)[C@@H](C(C)(C)O)C[C@@H]2O1.C[C@H]1[C@H](OCc2ccccc2)[C@H]2N=C(N(C)C)O[C@H]2C[C@@H]1C(C)(C)O. The maximum Gasteiger partial charge on any atom is 0.287 e.